The van der Waals surface area contributed by atoms with Gasteiger partial charge in [-0.15, -0.1) is 0 Å². The molecule has 1 saturated heterocycles. The highest BCUT2D eigenvalue weighted by atomic mass is 32.2. The van der Waals surface area contributed by atoms with Crippen LogP contribution in [-0.2, 0) is 9.84 Å². The zero-order valence-corrected chi connectivity index (χ0v) is 19.0. The number of likely N-dealkylation sites (tertiary alicyclic amines) is 1. The van der Waals surface area contributed by atoms with E-state index in [0.717, 1.165) is 42.7 Å². The average molecular weight is 454 g/mol. The van der Waals surface area contributed by atoms with Crippen molar-refractivity contribution in [1.82, 2.24) is 24.4 Å². The fourth-order valence-corrected chi connectivity index (χ4v) is 6.18. The van der Waals surface area contributed by atoms with Crippen LogP contribution in [0.5, 0.6) is 0 Å². The summed E-state index contributed by atoms with van der Waals surface area (Å²) in [5.74, 6) is 0.786. The molecule has 5 rings (SSSR count). The molecular weight excluding hydrogens is 426 g/mol. The van der Waals surface area contributed by atoms with E-state index >= 15 is 0 Å². The first kappa shape index (κ1) is 21.1. The minimum atomic E-state index is -3.83. The summed E-state index contributed by atoms with van der Waals surface area (Å²) in [6, 6.07) is 10.5. The highest BCUT2D eigenvalue weighted by Crippen LogP contribution is 2.36. The number of rotatable bonds is 5. The lowest BCUT2D eigenvalue weighted by molar-refractivity contribution is 0.102. The largest absolute Gasteiger partial charge is 0.392 e. The third-order valence-corrected chi connectivity index (χ3v) is 7.92. The van der Waals surface area contributed by atoms with Crippen molar-refractivity contribution in [3.05, 3.63) is 48.4 Å². The molecule has 1 aliphatic heterocycles. The fraction of sp³-hybridized carbons (Fsp3) is 0.391. The number of sulfone groups is 1. The quantitative estimate of drug-likeness (QED) is 0.481. The Morgan fingerprint density at radius 3 is 2.56 bits per heavy atom. The van der Waals surface area contributed by atoms with Crippen LogP contribution in [0.25, 0.3) is 22.1 Å². The van der Waals surface area contributed by atoms with Gasteiger partial charge in [0.2, 0.25) is 9.84 Å². The number of aryl methyl sites for hydroxylation is 1. The molecule has 1 atom stereocenters. The molecule has 0 bridgehead atoms. The van der Waals surface area contributed by atoms with Crippen LogP contribution in [0.3, 0.4) is 0 Å². The van der Waals surface area contributed by atoms with E-state index in [4.69, 9.17) is 4.98 Å². The molecule has 3 aromatic heterocycles. The highest BCUT2D eigenvalue weighted by molar-refractivity contribution is 7.91. The normalized spacial score (nSPS) is 17.3. The van der Waals surface area contributed by atoms with Crippen LogP contribution in [0, 0.1) is 6.92 Å². The van der Waals surface area contributed by atoms with Gasteiger partial charge in [0, 0.05) is 37.3 Å². The molecule has 4 aromatic rings. The van der Waals surface area contributed by atoms with Crippen LogP contribution in [0.1, 0.15) is 31.6 Å². The number of aliphatic hydroxyl groups is 1. The Balaban J connectivity index is 1.65. The first-order valence-electron chi connectivity index (χ1n) is 10.9. The number of H-pyrrole nitrogens is 1. The van der Waals surface area contributed by atoms with Crippen molar-refractivity contribution < 1.29 is 13.5 Å². The monoisotopic (exact) mass is 453 g/mol. The topological polar surface area (TPSA) is 104 Å². The average Bonchev–Trinajstić information content (AvgIpc) is 3.37. The molecule has 1 fully saturated rings. The summed E-state index contributed by atoms with van der Waals surface area (Å²) in [4.78, 5) is 14.8. The SMILES string of the molecule is Cc1nc2c(S(=O)(=O)c3ccccc3)nc3[nH]ccc3c2n1C1CCN(CC(C)O)CC1. The van der Waals surface area contributed by atoms with E-state index in [1.807, 2.05) is 19.9 Å². The predicted molar refractivity (Wildman–Crippen MR) is 122 cm³/mol. The Morgan fingerprint density at radius 1 is 1.16 bits per heavy atom. The summed E-state index contributed by atoms with van der Waals surface area (Å²) in [6.07, 6.45) is 3.26. The van der Waals surface area contributed by atoms with E-state index in [-0.39, 0.29) is 22.1 Å². The number of fused-ring (bicyclic) bond motifs is 3. The smallest absolute Gasteiger partial charge is 0.226 e. The molecular formula is C23H27N5O3S. The van der Waals surface area contributed by atoms with Crippen LogP contribution in [-0.4, -0.2) is 63.7 Å². The summed E-state index contributed by atoms with van der Waals surface area (Å²) in [5.41, 5.74) is 1.78. The van der Waals surface area contributed by atoms with Crippen molar-refractivity contribution in [3.63, 3.8) is 0 Å². The van der Waals surface area contributed by atoms with Crippen LogP contribution in [0.2, 0.25) is 0 Å². The minimum Gasteiger partial charge on any atom is -0.392 e. The second kappa shape index (κ2) is 7.99. The second-order valence-corrected chi connectivity index (χ2v) is 10.4. The maximum absolute atomic E-state index is 13.5. The molecule has 0 radical (unpaired) electrons. The Bertz CT molecular complexity index is 1370. The number of nitrogens with one attached hydrogen (secondary N) is 1. The van der Waals surface area contributed by atoms with Crippen LogP contribution in [0.15, 0.2) is 52.5 Å². The second-order valence-electron chi connectivity index (χ2n) is 8.58. The van der Waals surface area contributed by atoms with Crippen LogP contribution >= 0.6 is 0 Å². The van der Waals surface area contributed by atoms with Crippen molar-refractivity contribution in [1.29, 1.82) is 0 Å². The third kappa shape index (κ3) is 3.50. The lowest BCUT2D eigenvalue weighted by Gasteiger charge is -2.34. The third-order valence-electron chi connectivity index (χ3n) is 6.24. The molecule has 1 aromatic carbocycles. The number of imidazole rings is 1. The Kier molecular flexibility index (Phi) is 5.27. The standard InChI is InChI=1S/C23H27N5O3S/c1-15(29)14-27-12-9-17(10-13-27)28-16(2)25-20-21(28)19-8-11-24-22(19)26-23(20)32(30,31)18-6-4-3-5-7-18/h3-8,11,15,17,29H,9-10,12-14H2,1-2H3,(H,24,26). The van der Waals surface area contributed by atoms with E-state index in [9.17, 15) is 13.5 Å². The number of aromatic nitrogens is 4. The van der Waals surface area contributed by atoms with Crippen molar-refractivity contribution in [2.45, 2.75) is 48.8 Å². The lowest BCUT2D eigenvalue weighted by Crippen LogP contribution is -2.38. The van der Waals surface area contributed by atoms with E-state index < -0.39 is 9.84 Å². The zero-order chi connectivity index (χ0) is 22.5. The van der Waals surface area contributed by atoms with Crippen LogP contribution < -0.4 is 0 Å². The summed E-state index contributed by atoms with van der Waals surface area (Å²) >= 11 is 0. The molecule has 4 heterocycles. The number of hydrogen-bond donors (Lipinski definition) is 2. The molecule has 1 aliphatic rings. The summed E-state index contributed by atoms with van der Waals surface area (Å²) < 4.78 is 29.2. The first-order valence-corrected chi connectivity index (χ1v) is 12.4. The Labute approximate surface area is 186 Å². The van der Waals surface area contributed by atoms with Crippen molar-refractivity contribution in [3.8, 4) is 0 Å². The van der Waals surface area contributed by atoms with Crippen molar-refractivity contribution >= 4 is 31.9 Å². The van der Waals surface area contributed by atoms with Gasteiger partial charge in [0.1, 0.15) is 17.0 Å². The number of aliphatic hydroxyl groups excluding tert-OH is 1. The molecule has 0 saturated carbocycles. The summed E-state index contributed by atoms with van der Waals surface area (Å²) in [7, 11) is -3.83. The highest BCUT2D eigenvalue weighted by Gasteiger charge is 2.30. The number of benzene rings is 1. The molecule has 32 heavy (non-hydrogen) atoms. The lowest BCUT2D eigenvalue weighted by atomic mass is 10.0. The molecule has 2 N–H and O–H groups in total. The summed E-state index contributed by atoms with van der Waals surface area (Å²) in [6.45, 7) is 6.17. The first-order chi connectivity index (χ1) is 15.4. The van der Waals surface area contributed by atoms with Crippen molar-refractivity contribution in [2.24, 2.45) is 0 Å². The molecule has 1 unspecified atom stereocenters. The minimum absolute atomic E-state index is 0.0120. The molecule has 168 valence electrons. The number of hydrogen-bond acceptors (Lipinski definition) is 6. The van der Waals surface area contributed by atoms with Gasteiger partial charge in [-0.1, -0.05) is 18.2 Å². The number of aromatic amines is 1. The molecule has 0 amide bonds. The van der Waals surface area contributed by atoms with Gasteiger partial charge >= 0.3 is 0 Å². The van der Waals surface area contributed by atoms with Gasteiger partial charge in [0.15, 0.2) is 5.03 Å². The van der Waals surface area contributed by atoms with Gasteiger partial charge in [-0.2, -0.15) is 0 Å². The van der Waals surface area contributed by atoms with Gasteiger partial charge in [-0.25, -0.2) is 18.4 Å². The molecule has 0 aliphatic carbocycles. The Hall–Kier alpha value is -2.75. The van der Waals surface area contributed by atoms with E-state index in [0.29, 0.717) is 17.7 Å². The zero-order valence-electron chi connectivity index (χ0n) is 18.2. The molecule has 8 nitrogen and oxygen atoms in total. The van der Waals surface area contributed by atoms with E-state index in [1.165, 1.54) is 0 Å². The summed E-state index contributed by atoms with van der Waals surface area (Å²) in [5, 5.41) is 10.6. The fourth-order valence-electron chi connectivity index (χ4n) is 4.83. The number of pyridine rings is 1. The van der Waals surface area contributed by atoms with Crippen LogP contribution in [0.4, 0.5) is 0 Å². The van der Waals surface area contributed by atoms with E-state index in [1.54, 1.807) is 36.5 Å². The number of piperidine rings is 1. The van der Waals surface area contributed by atoms with Gasteiger partial charge in [-0.3, -0.25) is 0 Å². The number of β-amino-alcohol motifs (C(OH)–C–C–N with tert-alkyl or cyclic N) is 1. The van der Waals surface area contributed by atoms with E-state index in [2.05, 4.69) is 19.4 Å². The predicted octanol–water partition coefficient (Wildman–Crippen LogP) is 3.07. The Morgan fingerprint density at radius 2 is 1.88 bits per heavy atom. The maximum atomic E-state index is 13.5. The number of nitrogens with zero attached hydrogens (tertiary/aromatic N) is 4. The van der Waals surface area contributed by atoms with Crippen molar-refractivity contribution in [2.75, 3.05) is 19.6 Å². The maximum Gasteiger partial charge on any atom is 0.226 e. The van der Waals surface area contributed by atoms with Gasteiger partial charge in [0.05, 0.1) is 16.5 Å². The van der Waals surface area contributed by atoms with Gasteiger partial charge in [0.25, 0.3) is 0 Å². The molecule has 9 heteroatoms. The molecule has 0 spiro atoms. The van der Waals surface area contributed by atoms with Gasteiger partial charge in [-0.05, 0) is 44.9 Å². The van der Waals surface area contributed by atoms with Gasteiger partial charge < -0.3 is 19.6 Å².